The molecule has 2 aromatic rings. The SMILES string of the molecule is O=C(N[C@@H]1CCCC[C@@H]1C(=O)N1CCC2CNc3ccccc3C21)c1ccccc1. The Hall–Kier alpha value is -2.82. The minimum atomic E-state index is -0.132. The molecule has 2 amide bonds. The third-order valence-electron chi connectivity index (χ3n) is 7.08. The maximum atomic E-state index is 13.7. The molecule has 30 heavy (non-hydrogen) atoms. The zero-order valence-electron chi connectivity index (χ0n) is 17.2. The van der Waals surface area contributed by atoms with Crippen LogP contribution >= 0.6 is 0 Å². The quantitative estimate of drug-likeness (QED) is 0.815. The minimum Gasteiger partial charge on any atom is -0.384 e. The molecule has 5 heteroatoms. The highest BCUT2D eigenvalue weighted by atomic mass is 16.2. The molecule has 4 atom stereocenters. The van der Waals surface area contributed by atoms with Crippen molar-refractivity contribution in [3.63, 3.8) is 0 Å². The number of nitrogens with zero attached hydrogens (tertiary/aromatic N) is 1. The number of anilines is 1. The summed E-state index contributed by atoms with van der Waals surface area (Å²) in [4.78, 5) is 28.6. The number of rotatable bonds is 3. The lowest BCUT2D eigenvalue weighted by Crippen LogP contribution is -2.50. The zero-order valence-corrected chi connectivity index (χ0v) is 17.2. The Morgan fingerprint density at radius 1 is 0.933 bits per heavy atom. The molecular formula is C25H29N3O2. The molecular weight excluding hydrogens is 374 g/mol. The summed E-state index contributed by atoms with van der Waals surface area (Å²) in [6, 6.07) is 17.7. The lowest BCUT2D eigenvalue weighted by molar-refractivity contribution is -0.138. The second-order valence-electron chi connectivity index (χ2n) is 8.83. The average Bonchev–Trinajstić information content (AvgIpc) is 3.24. The third kappa shape index (κ3) is 3.47. The molecule has 5 rings (SSSR count). The number of fused-ring (bicyclic) bond motifs is 3. The van der Waals surface area contributed by atoms with Gasteiger partial charge in [-0.15, -0.1) is 0 Å². The fourth-order valence-corrected chi connectivity index (χ4v) is 5.55. The van der Waals surface area contributed by atoms with Crippen molar-refractivity contribution in [3.05, 3.63) is 65.7 Å². The number of likely N-dealkylation sites (tertiary alicyclic amines) is 1. The average molecular weight is 404 g/mol. The van der Waals surface area contributed by atoms with Crippen molar-refractivity contribution in [2.75, 3.05) is 18.4 Å². The Bertz CT molecular complexity index is 929. The van der Waals surface area contributed by atoms with Crippen molar-refractivity contribution >= 4 is 17.5 Å². The van der Waals surface area contributed by atoms with Gasteiger partial charge in [0.05, 0.1) is 12.0 Å². The summed E-state index contributed by atoms with van der Waals surface area (Å²) in [6.45, 7) is 1.73. The van der Waals surface area contributed by atoms with Gasteiger partial charge in [-0.05, 0) is 43.0 Å². The molecule has 2 aliphatic heterocycles. The highest BCUT2D eigenvalue weighted by Gasteiger charge is 2.44. The van der Waals surface area contributed by atoms with E-state index in [2.05, 4.69) is 33.7 Å². The van der Waals surface area contributed by atoms with Crippen molar-refractivity contribution in [1.82, 2.24) is 10.2 Å². The zero-order chi connectivity index (χ0) is 20.5. The first-order valence-electron chi connectivity index (χ1n) is 11.2. The van der Waals surface area contributed by atoms with E-state index in [9.17, 15) is 9.59 Å². The van der Waals surface area contributed by atoms with Crippen LogP contribution in [-0.4, -0.2) is 35.8 Å². The maximum absolute atomic E-state index is 13.7. The smallest absolute Gasteiger partial charge is 0.251 e. The largest absolute Gasteiger partial charge is 0.384 e. The molecule has 2 N–H and O–H groups in total. The third-order valence-corrected chi connectivity index (χ3v) is 7.08. The Morgan fingerprint density at radius 3 is 2.57 bits per heavy atom. The molecule has 0 spiro atoms. The van der Waals surface area contributed by atoms with Crippen LogP contribution in [0.3, 0.4) is 0 Å². The van der Waals surface area contributed by atoms with E-state index in [1.54, 1.807) is 0 Å². The van der Waals surface area contributed by atoms with Crippen molar-refractivity contribution in [2.24, 2.45) is 11.8 Å². The highest BCUT2D eigenvalue weighted by Crippen LogP contribution is 2.44. The summed E-state index contributed by atoms with van der Waals surface area (Å²) in [5.41, 5.74) is 3.04. The molecule has 0 radical (unpaired) electrons. The standard InChI is InChI=1S/C25H29N3O2/c29-24(17-8-2-1-3-9-17)27-22-13-7-5-11-20(22)25(30)28-15-14-18-16-26-21-12-6-4-10-19(21)23(18)28/h1-4,6,8-10,12,18,20,22-23,26H,5,7,11,13-16H2,(H,27,29)/t18?,20-,22+,23?/m0/s1. The number of benzene rings is 2. The van der Waals surface area contributed by atoms with Gasteiger partial charge in [-0.3, -0.25) is 9.59 Å². The first-order chi connectivity index (χ1) is 14.7. The van der Waals surface area contributed by atoms with Crippen LogP contribution in [0.4, 0.5) is 5.69 Å². The van der Waals surface area contributed by atoms with Gasteiger partial charge in [0.2, 0.25) is 5.91 Å². The van der Waals surface area contributed by atoms with E-state index in [1.165, 1.54) is 5.56 Å². The Morgan fingerprint density at radius 2 is 1.70 bits per heavy atom. The van der Waals surface area contributed by atoms with Gasteiger partial charge < -0.3 is 15.5 Å². The van der Waals surface area contributed by atoms with Gasteiger partial charge in [0, 0.05) is 36.3 Å². The predicted molar refractivity (Wildman–Crippen MR) is 117 cm³/mol. The van der Waals surface area contributed by atoms with E-state index in [4.69, 9.17) is 0 Å². The maximum Gasteiger partial charge on any atom is 0.251 e. The van der Waals surface area contributed by atoms with E-state index < -0.39 is 0 Å². The molecule has 1 aliphatic carbocycles. The molecule has 3 aliphatic rings. The van der Waals surface area contributed by atoms with Gasteiger partial charge in [-0.25, -0.2) is 0 Å². The molecule has 2 fully saturated rings. The van der Waals surface area contributed by atoms with Gasteiger partial charge in [-0.2, -0.15) is 0 Å². The van der Waals surface area contributed by atoms with Crippen molar-refractivity contribution in [3.8, 4) is 0 Å². The first-order valence-corrected chi connectivity index (χ1v) is 11.2. The molecule has 2 heterocycles. The summed E-state index contributed by atoms with van der Waals surface area (Å²) in [5.74, 6) is 0.473. The van der Waals surface area contributed by atoms with Crippen molar-refractivity contribution in [1.29, 1.82) is 0 Å². The number of carbonyl (C=O) groups is 2. The Balaban J connectivity index is 1.36. The molecule has 5 nitrogen and oxygen atoms in total. The van der Waals surface area contributed by atoms with Crippen molar-refractivity contribution in [2.45, 2.75) is 44.2 Å². The molecule has 1 saturated heterocycles. The van der Waals surface area contributed by atoms with Gasteiger partial charge >= 0.3 is 0 Å². The fourth-order valence-electron chi connectivity index (χ4n) is 5.55. The summed E-state index contributed by atoms with van der Waals surface area (Å²) in [7, 11) is 0. The number of para-hydroxylation sites is 1. The molecule has 1 saturated carbocycles. The summed E-state index contributed by atoms with van der Waals surface area (Å²) in [6.07, 6.45) is 4.86. The summed E-state index contributed by atoms with van der Waals surface area (Å²) >= 11 is 0. The molecule has 2 unspecified atom stereocenters. The number of nitrogens with one attached hydrogen (secondary N) is 2. The van der Waals surface area contributed by atoms with Crippen LogP contribution < -0.4 is 10.6 Å². The van der Waals surface area contributed by atoms with E-state index >= 15 is 0 Å². The van der Waals surface area contributed by atoms with E-state index in [1.807, 2.05) is 36.4 Å². The molecule has 0 aromatic heterocycles. The van der Waals surface area contributed by atoms with Crippen LogP contribution in [0.25, 0.3) is 0 Å². The van der Waals surface area contributed by atoms with Crippen LogP contribution in [0.1, 0.15) is 54.1 Å². The Kier molecular flexibility index (Phi) is 5.19. The van der Waals surface area contributed by atoms with Gasteiger partial charge in [0.1, 0.15) is 0 Å². The Labute approximate surface area is 177 Å². The first kappa shape index (κ1) is 19.2. The van der Waals surface area contributed by atoms with Gasteiger partial charge in [-0.1, -0.05) is 49.2 Å². The van der Waals surface area contributed by atoms with Gasteiger partial charge in [0.25, 0.3) is 5.91 Å². The van der Waals surface area contributed by atoms with E-state index in [0.717, 1.165) is 50.9 Å². The van der Waals surface area contributed by atoms with Crippen LogP contribution in [0.15, 0.2) is 54.6 Å². The number of hydrogen-bond donors (Lipinski definition) is 2. The lowest BCUT2D eigenvalue weighted by atomic mass is 9.82. The monoisotopic (exact) mass is 403 g/mol. The van der Waals surface area contributed by atoms with Crippen LogP contribution in [0.2, 0.25) is 0 Å². The summed E-state index contributed by atoms with van der Waals surface area (Å²) in [5, 5.41) is 6.71. The number of amides is 2. The fraction of sp³-hybridized carbons (Fsp3) is 0.440. The molecule has 2 aromatic carbocycles. The minimum absolute atomic E-state index is 0.0770. The molecule has 156 valence electrons. The highest BCUT2D eigenvalue weighted by molar-refractivity contribution is 5.94. The van der Waals surface area contributed by atoms with Gasteiger partial charge in [0.15, 0.2) is 0 Å². The normalized spacial score (nSPS) is 27.5. The van der Waals surface area contributed by atoms with Crippen molar-refractivity contribution < 1.29 is 9.59 Å². The topological polar surface area (TPSA) is 61.4 Å². The molecule has 0 bridgehead atoms. The van der Waals surface area contributed by atoms with E-state index in [0.29, 0.717) is 11.5 Å². The van der Waals surface area contributed by atoms with Crippen LogP contribution in [0, 0.1) is 11.8 Å². The predicted octanol–water partition coefficient (Wildman–Crippen LogP) is 3.99. The second-order valence-corrected chi connectivity index (χ2v) is 8.83. The number of hydrogen-bond acceptors (Lipinski definition) is 3. The van der Waals surface area contributed by atoms with E-state index in [-0.39, 0.29) is 29.8 Å². The number of carbonyl (C=O) groups excluding carboxylic acids is 2. The lowest BCUT2D eigenvalue weighted by Gasteiger charge is -2.39. The van der Waals surface area contributed by atoms with Crippen LogP contribution in [0.5, 0.6) is 0 Å². The summed E-state index contributed by atoms with van der Waals surface area (Å²) < 4.78 is 0. The van der Waals surface area contributed by atoms with Crippen LogP contribution in [-0.2, 0) is 4.79 Å². The second kappa shape index (κ2) is 8.13.